The molecule has 0 aliphatic rings. The maximum atomic E-state index is 14.6. The average molecular weight is 1270 g/mol. The lowest BCUT2D eigenvalue weighted by Gasteiger charge is -2.20. The molecule has 476 valence electrons. The van der Waals surface area contributed by atoms with Gasteiger partial charge in [0.2, 0.25) is 11.5 Å². The molecule has 0 aliphatic carbocycles. The maximum absolute atomic E-state index is 14.6. The summed E-state index contributed by atoms with van der Waals surface area (Å²) >= 11 is 5.36. The third-order valence-electron chi connectivity index (χ3n) is 15.0. The first-order valence-electron chi connectivity index (χ1n) is 30.6. The van der Waals surface area contributed by atoms with Crippen LogP contribution >= 0.6 is 11.6 Å². The number of aryl methyl sites for hydroxylation is 4. The van der Waals surface area contributed by atoms with Crippen molar-refractivity contribution in [2.45, 2.75) is 74.3 Å². The summed E-state index contributed by atoms with van der Waals surface area (Å²) in [7, 11) is 0. The van der Waals surface area contributed by atoms with E-state index in [1.165, 1.54) is 5.56 Å². The number of nitrogen functional groups attached to an aromatic ring is 2. The number of hydrogen-bond acceptors (Lipinski definition) is 11. The molecule has 2 amide bonds. The highest BCUT2D eigenvalue weighted by atomic mass is 35.5. The van der Waals surface area contributed by atoms with Crippen molar-refractivity contribution in [1.82, 2.24) is 0 Å². The second-order valence-corrected chi connectivity index (χ2v) is 22.7. The summed E-state index contributed by atoms with van der Waals surface area (Å²) in [6, 6.07) is 79.8. The lowest BCUT2D eigenvalue weighted by molar-refractivity contribution is 0.101. The summed E-state index contributed by atoms with van der Waals surface area (Å²) in [6.45, 7) is 11.2. The largest absolute Gasteiger partial charge is 0.485 e. The fourth-order valence-corrected chi connectivity index (χ4v) is 9.74. The van der Waals surface area contributed by atoms with Crippen molar-refractivity contribution in [3.63, 3.8) is 0 Å². The lowest BCUT2D eigenvalue weighted by atomic mass is 10.0. The molecule has 0 aliphatic heterocycles. The van der Waals surface area contributed by atoms with Crippen LogP contribution in [0.3, 0.4) is 0 Å². The van der Waals surface area contributed by atoms with Gasteiger partial charge in [0.15, 0.2) is 23.0 Å². The van der Waals surface area contributed by atoms with Crippen LogP contribution in [-0.2, 0) is 39.6 Å². The minimum absolute atomic E-state index is 0.206. The van der Waals surface area contributed by atoms with E-state index in [0.717, 1.165) is 55.6 Å². The second kappa shape index (κ2) is 33.7. The predicted molar refractivity (Wildman–Crippen MR) is 375 cm³/mol. The molecule has 11 aromatic carbocycles. The van der Waals surface area contributed by atoms with Crippen LogP contribution in [0.15, 0.2) is 255 Å². The van der Waals surface area contributed by atoms with Crippen molar-refractivity contribution >= 4 is 51.4 Å². The van der Waals surface area contributed by atoms with Gasteiger partial charge >= 0.3 is 0 Å². The van der Waals surface area contributed by atoms with Gasteiger partial charge in [-0.25, -0.2) is 0 Å². The zero-order valence-corrected chi connectivity index (χ0v) is 54.0. The smallest absolute Gasteiger partial charge is 0.255 e. The van der Waals surface area contributed by atoms with Crippen LogP contribution in [0.25, 0.3) is 0 Å². The highest BCUT2D eigenvalue weighted by Gasteiger charge is 2.24. The van der Waals surface area contributed by atoms with E-state index in [4.69, 9.17) is 51.5 Å². The molecule has 0 fully saturated rings. The first-order chi connectivity index (χ1) is 45.6. The van der Waals surface area contributed by atoms with Gasteiger partial charge in [-0.1, -0.05) is 194 Å². The number of hydrogen-bond donors (Lipinski definition) is 4. The van der Waals surface area contributed by atoms with E-state index in [0.29, 0.717) is 62.8 Å². The van der Waals surface area contributed by atoms with E-state index in [9.17, 15) is 14.4 Å². The topological polar surface area (TPSA) is 183 Å². The van der Waals surface area contributed by atoms with E-state index in [1.807, 2.05) is 253 Å². The van der Waals surface area contributed by atoms with Gasteiger partial charge in [0, 0.05) is 16.7 Å². The molecule has 0 spiro atoms. The van der Waals surface area contributed by atoms with Gasteiger partial charge in [0.05, 0.1) is 22.7 Å². The highest BCUT2D eigenvalue weighted by Crippen LogP contribution is 2.43. The molecule has 0 atom stereocenters. The van der Waals surface area contributed by atoms with Crippen molar-refractivity contribution < 1.29 is 42.8 Å². The molecule has 0 aromatic heterocycles. The number of nitrogens with one attached hydrogen (secondary N) is 2. The number of carbonyl (C=O) groups excluding carboxylic acids is 3. The van der Waals surface area contributed by atoms with Crippen molar-refractivity contribution in [3.05, 3.63) is 333 Å². The monoisotopic (exact) mass is 1270 g/mol. The number of benzene rings is 11. The summed E-state index contributed by atoms with van der Waals surface area (Å²) in [6.07, 6.45) is 0. The minimum atomic E-state index is -0.476. The number of rotatable bonds is 23. The molecule has 11 rings (SSSR count). The number of carbonyl (C=O) groups is 3. The first kappa shape index (κ1) is 67.1. The van der Waals surface area contributed by atoms with Crippen LogP contribution in [0.4, 0.5) is 22.7 Å². The Labute approximate surface area is 554 Å². The van der Waals surface area contributed by atoms with Crippen LogP contribution in [0, 0.1) is 34.6 Å². The number of halogens is 1. The number of amides is 2. The summed E-state index contributed by atoms with van der Waals surface area (Å²) in [5.74, 6) is 1.03. The Morgan fingerprint density at radius 1 is 0.330 bits per heavy atom. The molecule has 0 heterocycles. The molecule has 0 radical (unpaired) electrons. The fraction of sp³-hybridized carbons (Fsp3) is 0.138. The first-order valence-corrected chi connectivity index (χ1v) is 31.0. The summed E-state index contributed by atoms with van der Waals surface area (Å²) in [4.78, 5) is 40.0. The highest BCUT2D eigenvalue weighted by molar-refractivity contribution is 6.67. The van der Waals surface area contributed by atoms with Crippen molar-refractivity contribution in [2.24, 2.45) is 0 Å². The molecule has 0 unspecified atom stereocenters. The zero-order valence-electron chi connectivity index (χ0n) is 53.2. The zero-order chi connectivity index (χ0) is 66.2. The second-order valence-electron chi connectivity index (χ2n) is 22.3. The van der Waals surface area contributed by atoms with E-state index in [1.54, 1.807) is 36.4 Å². The Kier molecular flexibility index (Phi) is 24.1. The summed E-state index contributed by atoms with van der Waals surface area (Å²) < 4.78 is 38.8. The fourth-order valence-electron chi connectivity index (χ4n) is 9.63. The average Bonchev–Trinajstić information content (AvgIpc) is 1.17. The number of nitrogens with two attached hydrogens (primary N) is 2. The molecule has 11 aromatic rings. The van der Waals surface area contributed by atoms with Crippen LogP contribution < -0.4 is 50.5 Å². The van der Waals surface area contributed by atoms with E-state index < -0.39 is 11.8 Å². The van der Waals surface area contributed by atoms with Gasteiger partial charge in [-0.2, -0.15) is 0 Å². The number of anilines is 4. The van der Waals surface area contributed by atoms with Crippen LogP contribution in [0.1, 0.15) is 92.3 Å². The molecule has 13 nitrogen and oxygen atoms in total. The SMILES string of the molecule is Cc1cc(C(=O)Cl)cc(C)c1C.Cc1ccc(N)c(N)c1.Cc1ccc(NC(=O)c2cc(OCc3ccccc3)c(OCc3ccccc3)c(OCc3ccccc3)c2)c(NC(=O)c2cc(OCc3ccccc3)c(OCc3ccccc3)c(OCc3ccccc3)c2)c1. The Morgan fingerprint density at radius 3 is 0.936 bits per heavy atom. The van der Waals surface area contributed by atoms with Crippen LogP contribution in [0.2, 0.25) is 0 Å². The lowest BCUT2D eigenvalue weighted by Crippen LogP contribution is -2.18. The quantitative estimate of drug-likeness (QED) is 0.0353. The molecule has 0 saturated heterocycles. The minimum Gasteiger partial charge on any atom is -0.485 e. The van der Waals surface area contributed by atoms with Crippen molar-refractivity contribution in [1.29, 1.82) is 0 Å². The van der Waals surface area contributed by atoms with E-state index >= 15 is 0 Å². The van der Waals surface area contributed by atoms with Crippen molar-refractivity contribution in [2.75, 3.05) is 22.1 Å². The number of ether oxygens (including phenoxy) is 6. The molecule has 6 N–H and O–H groups in total. The van der Waals surface area contributed by atoms with Crippen LogP contribution in [0.5, 0.6) is 34.5 Å². The van der Waals surface area contributed by atoms with E-state index in [2.05, 4.69) is 10.6 Å². The van der Waals surface area contributed by atoms with E-state index in [-0.39, 0.29) is 56.0 Å². The van der Waals surface area contributed by atoms with Gasteiger partial charge in [-0.15, -0.1) is 0 Å². The third kappa shape index (κ3) is 19.9. The summed E-state index contributed by atoms with van der Waals surface area (Å²) in [5, 5.41) is 5.74. The Bertz CT molecular complexity index is 4140. The standard InChI is InChI=1S/C63H54N2O8.C10H11ClO.C7H10N2/c1-45-32-33-54(64-62(66)52-35-56(68-39-46-20-8-2-9-21-46)60(72-43-50-28-16-6-17-29-50)57(36-52)69-40-47-22-10-3-11-23-47)55(34-45)65-63(67)53-37-58(70-41-48-24-12-4-13-25-48)61(73-44-51-30-18-7-19-31-51)59(38-53)71-42-49-26-14-5-15-27-49;1-6-4-9(10(11)12)5-7(2)8(6)3;1-5-2-3-6(8)7(9)4-5/h2-38H,39-44H2,1H3,(H,64,66)(H,65,67);4-5H,1-3H3;2-4H,8-9H2,1H3. The molecule has 0 saturated carbocycles. The molecule has 0 bridgehead atoms. The van der Waals surface area contributed by atoms with Gasteiger partial charge < -0.3 is 50.5 Å². The van der Waals surface area contributed by atoms with Gasteiger partial charge in [-0.3, -0.25) is 14.4 Å². The molecule has 14 heteroatoms. The normalized spacial score (nSPS) is 10.5. The Morgan fingerprint density at radius 2 is 0.628 bits per heavy atom. The van der Waals surface area contributed by atoms with Crippen molar-refractivity contribution in [3.8, 4) is 34.5 Å². The van der Waals surface area contributed by atoms with Crippen LogP contribution in [-0.4, -0.2) is 17.1 Å². The molecular weight excluding hydrogens is 1200 g/mol. The van der Waals surface area contributed by atoms with Gasteiger partial charge in [-0.05, 0) is 168 Å². The predicted octanol–water partition coefficient (Wildman–Crippen LogP) is 18.1. The Balaban J connectivity index is 0.000000419. The Hall–Kier alpha value is -11.3. The summed E-state index contributed by atoms with van der Waals surface area (Å²) in [5.41, 5.74) is 25.1. The molecule has 94 heavy (non-hydrogen) atoms. The maximum Gasteiger partial charge on any atom is 0.255 e. The molecular formula is C80H75ClN4O9. The van der Waals surface area contributed by atoms with Gasteiger partial charge in [0.1, 0.15) is 39.6 Å². The third-order valence-corrected chi connectivity index (χ3v) is 15.3. The van der Waals surface area contributed by atoms with Gasteiger partial charge in [0.25, 0.3) is 17.1 Å².